The van der Waals surface area contributed by atoms with Gasteiger partial charge in [0.2, 0.25) is 5.91 Å². The minimum atomic E-state index is -0.127. The molecular formula is C21H27N3O2. The molecule has 0 aromatic heterocycles. The van der Waals surface area contributed by atoms with Crippen molar-refractivity contribution in [3.05, 3.63) is 65.2 Å². The van der Waals surface area contributed by atoms with Crippen LogP contribution in [0.2, 0.25) is 0 Å². The third-order valence-corrected chi connectivity index (χ3v) is 4.96. The number of aryl methyl sites for hydroxylation is 2. The van der Waals surface area contributed by atoms with Gasteiger partial charge < -0.3 is 10.1 Å². The van der Waals surface area contributed by atoms with Crippen molar-refractivity contribution in [1.82, 2.24) is 16.2 Å². The van der Waals surface area contributed by atoms with E-state index in [-0.39, 0.29) is 24.0 Å². The quantitative estimate of drug-likeness (QED) is 0.747. The van der Waals surface area contributed by atoms with Crippen molar-refractivity contribution >= 4 is 5.91 Å². The number of hydrogen-bond donors (Lipinski definition) is 3. The van der Waals surface area contributed by atoms with E-state index in [0.29, 0.717) is 12.8 Å². The Bertz CT molecular complexity index is 745. The first kappa shape index (κ1) is 18.4. The van der Waals surface area contributed by atoms with Crippen LogP contribution in [0.1, 0.15) is 36.0 Å². The fourth-order valence-electron chi connectivity index (χ4n) is 3.49. The topological polar surface area (TPSA) is 62.4 Å². The molecular weight excluding hydrogens is 326 g/mol. The van der Waals surface area contributed by atoms with Gasteiger partial charge in [0.05, 0.1) is 7.11 Å². The van der Waals surface area contributed by atoms with E-state index < -0.39 is 0 Å². The summed E-state index contributed by atoms with van der Waals surface area (Å²) in [6.07, 6.45) is 0.951. The van der Waals surface area contributed by atoms with Gasteiger partial charge in [0.1, 0.15) is 11.9 Å². The molecule has 0 saturated carbocycles. The maximum absolute atomic E-state index is 12.5. The Balaban J connectivity index is 1.61. The van der Waals surface area contributed by atoms with E-state index in [9.17, 15) is 4.79 Å². The first-order chi connectivity index (χ1) is 12.6. The number of carbonyl (C=O) groups excluding carboxylic acids is 1. The van der Waals surface area contributed by atoms with Gasteiger partial charge >= 0.3 is 0 Å². The smallest absolute Gasteiger partial charge is 0.221 e. The summed E-state index contributed by atoms with van der Waals surface area (Å²) in [7, 11) is 1.65. The standard InChI is InChI=1S/C21H27N3O2/c1-14-8-10-17(11-9-14)20-15(2)23-24-21(20)22-19(25)13-12-16-6-4-5-7-18(16)26-3/h4-11,15,20-21,23-24H,12-13H2,1-3H3,(H,22,25). The summed E-state index contributed by atoms with van der Waals surface area (Å²) in [4.78, 5) is 12.5. The van der Waals surface area contributed by atoms with Crippen LogP contribution in [0, 0.1) is 6.92 Å². The molecule has 26 heavy (non-hydrogen) atoms. The highest BCUT2D eigenvalue weighted by molar-refractivity contribution is 5.76. The Kier molecular flexibility index (Phi) is 5.91. The van der Waals surface area contributed by atoms with Crippen molar-refractivity contribution in [3.8, 4) is 5.75 Å². The average Bonchev–Trinajstić information content (AvgIpc) is 3.01. The van der Waals surface area contributed by atoms with E-state index >= 15 is 0 Å². The lowest BCUT2D eigenvalue weighted by molar-refractivity contribution is -0.122. The van der Waals surface area contributed by atoms with E-state index in [1.807, 2.05) is 24.3 Å². The number of hydrogen-bond acceptors (Lipinski definition) is 4. The zero-order valence-corrected chi connectivity index (χ0v) is 15.6. The van der Waals surface area contributed by atoms with Crippen LogP contribution >= 0.6 is 0 Å². The second kappa shape index (κ2) is 8.34. The van der Waals surface area contributed by atoms with Gasteiger partial charge in [-0.15, -0.1) is 0 Å². The van der Waals surface area contributed by atoms with Crippen LogP contribution in [-0.4, -0.2) is 25.2 Å². The summed E-state index contributed by atoms with van der Waals surface area (Å²) in [5.74, 6) is 1.04. The van der Waals surface area contributed by atoms with Gasteiger partial charge in [-0.2, -0.15) is 0 Å². The highest BCUT2D eigenvalue weighted by Crippen LogP contribution is 2.26. The summed E-state index contributed by atoms with van der Waals surface area (Å²) in [5.41, 5.74) is 9.96. The van der Waals surface area contributed by atoms with Gasteiger partial charge in [-0.05, 0) is 37.5 Å². The van der Waals surface area contributed by atoms with Crippen LogP contribution in [-0.2, 0) is 11.2 Å². The van der Waals surface area contributed by atoms with E-state index in [1.165, 1.54) is 11.1 Å². The second-order valence-corrected chi connectivity index (χ2v) is 6.87. The van der Waals surface area contributed by atoms with Crippen LogP contribution in [0.25, 0.3) is 0 Å². The number of methoxy groups -OCH3 is 1. The van der Waals surface area contributed by atoms with Gasteiger partial charge in [0.25, 0.3) is 0 Å². The van der Waals surface area contributed by atoms with Crippen molar-refractivity contribution < 1.29 is 9.53 Å². The van der Waals surface area contributed by atoms with E-state index in [4.69, 9.17) is 4.74 Å². The highest BCUT2D eigenvalue weighted by atomic mass is 16.5. The maximum atomic E-state index is 12.5. The molecule has 5 nitrogen and oxygen atoms in total. The maximum Gasteiger partial charge on any atom is 0.221 e. The van der Waals surface area contributed by atoms with Crippen molar-refractivity contribution in [3.63, 3.8) is 0 Å². The number of carbonyl (C=O) groups is 1. The summed E-state index contributed by atoms with van der Waals surface area (Å²) in [6, 6.07) is 16.6. The van der Waals surface area contributed by atoms with Gasteiger partial charge in [0, 0.05) is 18.4 Å². The SMILES string of the molecule is COc1ccccc1CCC(=O)NC1NNC(C)C1c1ccc(C)cc1. The zero-order valence-electron chi connectivity index (χ0n) is 15.6. The minimum absolute atomic E-state index is 0.0291. The van der Waals surface area contributed by atoms with Crippen LogP contribution in [0.3, 0.4) is 0 Å². The normalized spacial score (nSPS) is 22.2. The summed E-state index contributed by atoms with van der Waals surface area (Å²) in [6.45, 7) is 4.20. The highest BCUT2D eigenvalue weighted by Gasteiger charge is 2.35. The molecule has 1 amide bonds. The predicted octanol–water partition coefficient (Wildman–Crippen LogP) is 2.66. The van der Waals surface area contributed by atoms with Crippen molar-refractivity contribution in [2.24, 2.45) is 0 Å². The van der Waals surface area contributed by atoms with Crippen LogP contribution in [0.5, 0.6) is 5.75 Å². The van der Waals surface area contributed by atoms with Crippen LogP contribution < -0.4 is 20.9 Å². The molecule has 0 aliphatic carbocycles. The molecule has 0 bridgehead atoms. The molecule has 3 N–H and O–H groups in total. The van der Waals surface area contributed by atoms with Gasteiger partial charge in [-0.25, -0.2) is 5.43 Å². The predicted molar refractivity (Wildman–Crippen MR) is 103 cm³/mol. The fraction of sp³-hybridized carbons (Fsp3) is 0.381. The fourth-order valence-corrected chi connectivity index (χ4v) is 3.49. The van der Waals surface area contributed by atoms with Crippen molar-refractivity contribution in [1.29, 1.82) is 0 Å². The van der Waals surface area contributed by atoms with E-state index in [2.05, 4.69) is 54.3 Å². The molecule has 3 rings (SSSR count). The number of nitrogens with one attached hydrogen (secondary N) is 3. The van der Waals surface area contributed by atoms with Gasteiger partial charge in [0.15, 0.2) is 0 Å². The Hall–Kier alpha value is -2.37. The van der Waals surface area contributed by atoms with Gasteiger partial charge in [-0.1, -0.05) is 48.0 Å². The number of ether oxygens (including phenoxy) is 1. The molecule has 3 atom stereocenters. The lowest BCUT2D eigenvalue weighted by Crippen LogP contribution is -2.46. The Labute approximate surface area is 155 Å². The molecule has 1 heterocycles. The lowest BCUT2D eigenvalue weighted by atomic mass is 9.91. The molecule has 5 heteroatoms. The average molecular weight is 353 g/mol. The summed E-state index contributed by atoms with van der Waals surface area (Å²) < 4.78 is 5.36. The summed E-state index contributed by atoms with van der Waals surface area (Å²) >= 11 is 0. The number of rotatable bonds is 6. The largest absolute Gasteiger partial charge is 0.496 e. The Morgan fingerprint density at radius 2 is 1.85 bits per heavy atom. The molecule has 1 aliphatic heterocycles. The number of hydrazine groups is 1. The first-order valence-electron chi connectivity index (χ1n) is 9.07. The molecule has 2 aromatic rings. The lowest BCUT2D eigenvalue weighted by Gasteiger charge is -2.22. The van der Waals surface area contributed by atoms with Crippen LogP contribution in [0.15, 0.2) is 48.5 Å². The first-order valence-corrected chi connectivity index (χ1v) is 9.07. The molecule has 3 unspecified atom stereocenters. The third-order valence-electron chi connectivity index (χ3n) is 4.96. The summed E-state index contributed by atoms with van der Waals surface area (Å²) in [5, 5.41) is 3.13. The van der Waals surface area contributed by atoms with E-state index in [1.54, 1.807) is 7.11 Å². The van der Waals surface area contributed by atoms with Crippen LogP contribution in [0.4, 0.5) is 0 Å². The number of benzene rings is 2. The molecule has 1 fully saturated rings. The third kappa shape index (κ3) is 4.23. The van der Waals surface area contributed by atoms with Gasteiger partial charge in [-0.3, -0.25) is 10.2 Å². The van der Waals surface area contributed by atoms with Crippen molar-refractivity contribution in [2.75, 3.05) is 7.11 Å². The minimum Gasteiger partial charge on any atom is -0.496 e. The molecule has 0 radical (unpaired) electrons. The monoisotopic (exact) mass is 353 g/mol. The van der Waals surface area contributed by atoms with E-state index in [0.717, 1.165) is 11.3 Å². The molecule has 1 saturated heterocycles. The Morgan fingerprint density at radius 3 is 2.58 bits per heavy atom. The Morgan fingerprint density at radius 1 is 1.12 bits per heavy atom. The second-order valence-electron chi connectivity index (χ2n) is 6.87. The molecule has 1 aliphatic rings. The number of para-hydroxylation sites is 1. The van der Waals surface area contributed by atoms with Crippen molar-refractivity contribution in [2.45, 2.75) is 44.8 Å². The molecule has 138 valence electrons. The number of amides is 1. The molecule has 2 aromatic carbocycles. The molecule has 0 spiro atoms. The zero-order chi connectivity index (χ0) is 18.5.